The Bertz CT molecular complexity index is 1610. The number of aromatic nitrogens is 4. The molecule has 0 aliphatic carbocycles. The first-order valence-corrected chi connectivity index (χ1v) is 15.0. The lowest BCUT2D eigenvalue weighted by Crippen LogP contribution is -2.58. The molecule has 6 rings (SSSR count). The number of hydrazine groups is 1. The van der Waals surface area contributed by atoms with Crippen LogP contribution in [0.3, 0.4) is 0 Å². The number of rotatable bonds is 8. The minimum absolute atomic E-state index is 0.0662. The Balaban J connectivity index is 1.37. The van der Waals surface area contributed by atoms with Gasteiger partial charge in [0.1, 0.15) is 11.6 Å². The van der Waals surface area contributed by atoms with E-state index < -0.39 is 0 Å². The molecule has 2 saturated heterocycles. The van der Waals surface area contributed by atoms with Gasteiger partial charge >= 0.3 is 0 Å². The quantitative estimate of drug-likeness (QED) is 0.225. The van der Waals surface area contributed by atoms with Crippen LogP contribution in [0.4, 0.5) is 16.2 Å². The minimum Gasteiger partial charge on any atom is -0.376 e. The molecule has 2 aromatic carbocycles. The number of nitrogen functional groups attached to an aromatic ring is 1. The van der Waals surface area contributed by atoms with Gasteiger partial charge in [0, 0.05) is 31.8 Å². The van der Waals surface area contributed by atoms with E-state index >= 15 is 0 Å². The smallest absolute Gasteiger partial charge is 0.241 e. The molecule has 2 aliphatic rings. The molecule has 0 saturated carbocycles. The van der Waals surface area contributed by atoms with Crippen LogP contribution in [0.5, 0.6) is 0 Å². The standard InChI is InChI=1S/C32H38FN9O/c1-4-26-18-40(30-28-31(38-32(37-30)39-35)41(21(3)36-28)19-27-6-5-15-43-27)20(2)17-42(26)29(24-11-13-25(33)14-12-24)23-9-7-22(16-34)8-10-23/h7-14,20,26-27,29H,4-6,15,17-19,35H2,1-3H3,(H,37,38,39)/t20-,26+,27-,29?/m0/s1. The van der Waals surface area contributed by atoms with Crippen LogP contribution in [0.1, 0.15) is 61.7 Å². The second kappa shape index (κ2) is 12.2. The fourth-order valence-electron chi connectivity index (χ4n) is 6.57. The van der Waals surface area contributed by atoms with Crippen molar-refractivity contribution in [3.05, 3.63) is 76.9 Å². The van der Waals surface area contributed by atoms with E-state index in [1.807, 2.05) is 43.3 Å². The Kier molecular flexibility index (Phi) is 8.25. The van der Waals surface area contributed by atoms with E-state index in [2.05, 4.69) is 39.7 Å². The van der Waals surface area contributed by atoms with E-state index in [-0.39, 0.29) is 30.0 Å². The first kappa shape index (κ1) is 29.0. The minimum atomic E-state index is -0.265. The largest absolute Gasteiger partial charge is 0.376 e. The van der Waals surface area contributed by atoms with Gasteiger partial charge in [0.25, 0.3) is 0 Å². The number of nitriles is 1. The highest BCUT2D eigenvalue weighted by molar-refractivity contribution is 5.85. The second-order valence-corrected chi connectivity index (χ2v) is 11.5. The molecule has 224 valence electrons. The molecule has 0 spiro atoms. The van der Waals surface area contributed by atoms with Gasteiger partial charge in [-0.3, -0.25) is 10.3 Å². The van der Waals surface area contributed by atoms with Crippen molar-refractivity contribution < 1.29 is 9.13 Å². The zero-order valence-electron chi connectivity index (χ0n) is 24.9. The van der Waals surface area contributed by atoms with Crippen molar-refractivity contribution in [3.8, 4) is 6.07 Å². The Morgan fingerprint density at radius 3 is 2.44 bits per heavy atom. The van der Waals surface area contributed by atoms with Gasteiger partial charge in [0.15, 0.2) is 17.0 Å². The molecular weight excluding hydrogens is 545 g/mol. The average Bonchev–Trinajstić information content (AvgIpc) is 3.66. The summed E-state index contributed by atoms with van der Waals surface area (Å²) in [5.74, 6) is 7.57. The molecular formula is C32H38FN9O. The molecule has 2 fully saturated rings. The van der Waals surface area contributed by atoms with Gasteiger partial charge in [-0.15, -0.1) is 0 Å². The van der Waals surface area contributed by atoms with Crippen LogP contribution >= 0.6 is 0 Å². The maximum Gasteiger partial charge on any atom is 0.241 e. The highest BCUT2D eigenvalue weighted by Gasteiger charge is 2.38. The van der Waals surface area contributed by atoms with E-state index in [0.29, 0.717) is 24.6 Å². The number of halogens is 1. The number of nitrogens with two attached hydrogens (primary N) is 1. The summed E-state index contributed by atoms with van der Waals surface area (Å²) in [5, 5.41) is 9.37. The summed E-state index contributed by atoms with van der Waals surface area (Å²) < 4.78 is 22.0. The Morgan fingerprint density at radius 1 is 1.09 bits per heavy atom. The van der Waals surface area contributed by atoms with E-state index in [1.54, 1.807) is 0 Å². The summed E-state index contributed by atoms with van der Waals surface area (Å²) >= 11 is 0. The van der Waals surface area contributed by atoms with Gasteiger partial charge in [-0.25, -0.2) is 15.2 Å². The van der Waals surface area contributed by atoms with Crippen LogP contribution < -0.4 is 16.2 Å². The van der Waals surface area contributed by atoms with Gasteiger partial charge in [-0.1, -0.05) is 31.2 Å². The third kappa shape index (κ3) is 5.66. The molecule has 0 bridgehead atoms. The summed E-state index contributed by atoms with van der Waals surface area (Å²) in [5.41, 5.74) is 6.85. The number of nitrogens with zero attached hydrogens (tertiary/aromatic N) is 7. The van der Waals surface area contributed by atoms with Crippen LogP contribution in [0.25, 0.3) is 11.2 Å². The summed E-state index contributed by atoms with van der Waals surface area (Å²) in [6.07, 6.45) is 3.11. The van der Waals surface area contributed by atoms with Crippen molar-refractivity contribution in [2.45, 2.75) is 70.8 Å². The van der Waals surface area contributed by atoms with Crippen LogP contribution in [-0.4, -0.2) is 62.3 Å². The molecule has 0 amide bonds. The highest BCUT2D eigenvalue weighted by atomic mass is 19.1. The van der Waals surface area contributed by atoms with Gasteiger partial charge in [0.05, 0.1) is 30.3 Å². The summed E-state index contributed by atoms with van der Waals surface area (Å²) in [7, 11) is 0. The molecule has 4 heterocycles. The predicted molar refractivity (Wildman–Crippen MR) is 164 cm³/mol. The summed E-state index contributed by atoms with van der Waals surface area (Å²) in [6.45, 7) is 9.29. The molecule has 0 radical (unpaired) electrons. The van der Waals surface area contributed by atoms with Crippen molar-refractivity contribution in [2.24, 2.45) is 5.84 Å². The topological polar surface area (TPSA) is 121 Å². The van der Waals surface area contributed by atoms with Crippen LogP contribution in [0, 0.1) is 24.1 Å². The third-order valence-electron chi connectivity index (χ3n) is 8.81. The van der Waals surface area contributed by atoms with Crippen molar-refractivity contribution in [1.29, 1.82) is 5.26 Å². The molecule has 1 unspecified atom stereocenters. The molecule has 4 aromatic rings. The fraction of sp³-hybridized carbons (Fsp3) is 0.438. The third-order valence-corrected chi connectivity index (χ3v) is 8.81. The van der Waals surface area contributed by atoms with Crippen molar-refractivity contribution in [2.75, 3.05) is 30.0 Å². The monoisotopic (exact) mass is 583 g/mol. The number of anilines is 2. The lowest BCUT2D eigenvalue weighted by molar-refractivity contribution is 0.0973. The van der Waals surface area contributed by atoms with Crippen molar-refractivity contribution in [3.63, 3.8) is 0 Å². The summed E-state index contributed by atoms with van der Waals surface area (Å²) in [4.78, 5) is 19.3. The molecule has 43 heavy (non-hydrogen) atoms. The maximum atomic E-state index is 14.0. The number of aryl methyl sites for hydroxylation is 1. The van der Waals surface area contributed by atoms with Gasteiger partial charge in [-0.2, -0.15) is 15.2 Å². The predicted octanol–water partition coefficient (Wildman–Crippen LogP) is 4.69. The molecule has 2 aliphatic heterocycles. The van der Waals surface area contributed by atoms with E-state index in [1.165, 1.54) is 12.1 Å². The van der Waals surface area contributed by atoms with Gasteiger partial charge in [0.2, 0.25) is 5.95 Å². The number of benzene rings is 2. The zero-order chi connectivity index (χ0) is 30.1. The molecule has 2 aromatic heterocycles. The first-order valence-electron chi connectivity index (χ1n) is 15.0. The zero-order valence-corrected chi connectivity index (χ0v) is 24.9. The Hall–Kier alpha value is -4.11. The molecule has 11 heteroatoms. The van der Waals surface area contributed by atoms with Crippen molar-refractivity contribution >= 4 is 22.9 Å². The van der Waals surface area contributed by atoms with Gasteiger partial charge < -0.3 is 14.2 Å². The Labute approximate surface area is 251 Å². The number of piperazine rings is 1. The average molecular weight is 584 g/mol. The van der Waals surface area contributed by atoms with Crippen molar-refractivity contribution in [1.82, 2.24) is 24.4 Å². The first-order chi connectivity index (χ1) is 20.9. The number of hydrogen-bond donors (Lipinski definition) is 2. The number of hydrogen-bond acceptors (Lipinski definition) is 9. The normalized spacial score (nSPS) is 21.7. The molecule has 3 N–H and O–H groups in total. The van der Waals surface area contributed by atoms with E-state index in [0.717, 1.165) is 66.3 Å². The maximum absolute atomic E-state index is 14.0. The lowest BCUT2D eigenvalue weighted by atomic mass is 9.92. The number of imidazole rings is 1. The summed E-state index contributed by atoms with van der Waals surface area (Å²) in [6, 6.07) is 16.8. The number of ether oxygens (including phenoxy) is 1. The van der Waals surface area contributed by atoms with Crippen LogP contribution in [-0.2, 0) is 11.3 Å². The molecule has 4 atom stereocenters. The highest BCUT2D eigenvalue weighted by Crippen LogP contribution is 2.37. The fourth-order valence-corrected chi connectivity index (χ4v) is 6.57. The SMILES string of the molecule is CC[C@@H]1CN(c2nc(NN)nc3c2nc(C)n3C[C@@H]2CCCO2)[C@@H](C)CN1C(c1ccc(F)cc1)c1ccc(C#N)cc1. The molecule has 10 nitrogen and oxygen atoms in total. The Morgan fingerprint density at radius 2 is 1.81 bits per heavy atom. The second-order valence-electron chi connectivity index (χ2n) is 11.5. The number of nitrogens with one attached hydrogen (secondary N) is 1. The van der Waals surface area contributed by atoms with Crippen LogP contribution in [0.2, 0.25) is 0 Å². The van der Waals surface area contributed by atoms with Crippen LogP contribution in [0.15, 0.2) is 48.5 Å². The number of fused-ring (bicyclic) bond motifs is 1. The lowest BCUT2D eigenvalue weighted by Gasteiger charge is -2.49. The van der Waals surface area contributed by atoms with E-state index in [9.17, 15) is 9.65 Å². The van der Waals surface area contributed by atoms with E-state index in [4.69, 9.17) is 25.5 Å². The van der Waals surface area contributed by atoms with Gasteiger partial charge in [-0.05, 0) is 68.5 Å².